The fraction of sp³-hybridized carbons (Fsp3) is 0.316. The van der Waals surface area contributed by atoms with E-state index in [1.54, 1.807) is 6.92 Å². The fourth-order valence-electron chi connectivity index (χ4n) is 2.99. The number of carbonyl (C=O) groups excluding carboxylic acids is 1. The Morgan fingerprint density at radius 1 is 1.00 bits per heavy atom. The Balaban J connectivity index is 0.000000774. The number of nitrogens with zero attached hydrogens (tertiary/aromatic N) is 1. The first-order valence-corrected chi connectivity index (χ1v) is 7.66. The lowest BCUT2D eigenvalue weighted by atomic mass is 10.0. The number of aryl methyl sites for hydroxylation is 2. The van der Waals surface area contributed by atoms with Crippen LogP contribution in [0, 0.1) is 6.92 Å². The van der Waals surface area contributed by atoms with Gasteiger partial charge in [0.2, 0.25) is 0 Å². The highest BCUT2D eigenvalue weighted by molar-refractivity contribution is 6.19. The molecule has 3 aromatic rings. The van der Waals surface area contributed by atoms with Crippen molar-refractivity contribution in [2.24, 2.45) is 0 Å². The molecule has 0 amide bonds. The van der Waals surface area contributed by atoms with E-state index in [2.05, 4.69) is 42.7 Å². The Morgan fingerprint density at radius 3 is 2.14 bits per heavy atom. The molecule has 0 N–H and O–H groups in total. The summed E-state index contributed by atoms with van der Waals surface area (Å²) in [5.74, 6) is 0.129. The summed E-state index contributed by atoms with van der Waals surface area (Å²) >= 11 is 0. The first-order chi connectivity index (χ1) is 10.1. The molecule has 0 fully saturated rings. The van der Waals surface area contributed by atoms with Crippen LogP contribution in [0.1, 0.15) is 43.6 Å². The zero-order valence-electron chi connectivity index (χ0n) is 13.5. The molecule has 1 heterocycles. The van der Waals surface area contributed by atoms with E-state index in [9.17, 15) is 4.79 Å². The Morgan fingerprint density at radius 2 is 1.57 bits per heavy atom. The summed E-state index contributed by atoms with van der Waals surface area (Å²) in [6.07, 6.45) is 0. The highest BCUT2D eigenvalue weighted by atomic mass is 16.1. The standard InChI is InChI=1S/C17H17NO.C2H6/c1-4-18-14-9-5-7-11(2)16(14)17-13(12(3)19)8-6-10-15(17)18;1-2/h5-10H,4H2,1-3H3;1-2H3. The molecule has 0 radical (unpaired) electrons. The predicted molar refractivity (Wildman–Crippen MR) is 91.2 cm³/mol. The molecule has 0 aliphatic heterocycles. The number of hydrogen-bond donors (Lipinski definition) is 0. The van der Waals surface area contributed by atoms with Crippen LogP contribution in [-0.2, 0) is 6.54 Å². The van der Waals surface area contributed by atoms with E-state index in [-0.39, 0.29) is 5.78 Å². The second-order valence-corrected chi connectivity index (χ2v) is 4.97. The van der Waals surface area contributed by atoms with Crippen LogP contribution in [0.4, 0.5) is 0 Å². The highest BCUT2D eigenvalue weighted by Crippen LogP contribution is 2.33. The molecule has 0 saturated heterocycles. The van der Waals surface area contributed by atoms with Crippen LogP contribution in [0.3, 0.4) is 0 Å². The van der Waals surface area contributed by atoms with Gasteiger partial charge in [-0.2, -0.15) is 0 Å². The molecule has 110 valence electrons. The lowest BCUT2D eigenvalue weighted by Gasteiger charge is -2.03. The van der Waals surface area contributed by atoms with Crippen molar-refractivity contribution in [3.8, 4) is 0 Å². The summed E-state index contributed by atoms with van der Waals surface area (Å²) in [4.78, 5) is 11.9. The summed E-state index contributed by atoms with van der Waals surface area (Å²) < 4.78 is 2.28. The van der Waals surface area contributed by atoms with Crippen LogP contribution in [0.2, 0.25) is 0 Å². The van der Waals surface area contributed by atoms with Crippen molar-refractivity contribution in [3.63, 3.8) is 0 Å². The lowest BCUT2D eigenvalue weighted by Crippen LogP contribution is -1.95. The Kier molecular flexibility index (Phi) is 4.46. The van der Waals surface area contributed by atoms with Crippen molar-refractivity contribution in [1.29, 1.82) is 0 Å². The molecular formula is C19H23NO. The van der Waals surface area contributed by atoms with Crippen LogP contribution in [0.5, 0.6) is 0 Å². The average molecular weight is 281 g/mol. The van der Waals surface area contributed by atoms with Crippen molar-refractivity contribution < 1.29 is 4.79 Å². The number of benzene rings is 2. The number of Topliss-reactive ketones (excluding diaryl/α,β-unsaturated/α-hetero) is 1. The predicted octanol–water partition coefficient (Wildman–Crippen LogP) is 5.35. The second kappa shape index (κ2) is 6.13. The van der Waals surface area contributed by atoms with E-state index >= 15 is 0 Å². The van der Waals surface area contributed by atoms with E-state index in [1.165, 1.54) is 16.5 Å². The molecule has 0 bridgehead atoms. The van der Waals surface area contributed by atoms with Gasteiger partial charge in [-0.1, -0.05) is 38.1 Å². The Hall–Kier alpha value is -2.09. The first-order valence-electron chi connectivity index (χ1n) is 7.66. The van der Waals surface area contributed by atoms with Gasteiger partial charge in [0.25, 0.3) is 0 Å². The summed E-state index contributed by atoms with van der Waals surface area (Å²) in [5, 5.41) is 2.31. The van der Waals surface area contributed by atoms with Gasteiger partial charge in [0.1, 0.15) is 0 Å². The minimum absolute atomic E-state index is 0.129. The van der Waals surface area contributed by atoms with Gasteiger partial charge < -0.3 is 4.57 Å². The van der Waals surface area contributed by atoms with Crippen molar-refractivity contribution in [2.75, 3.05) is 0 Å². The minimum Gasteiger partial charge on any atom is -0.341 e. The van der Waals surface area contributed by atoms with Crippen LogP contribution < -0.4 is 0 Å². The Labute approximate surface area is 126 Å². The monoisotopic (exact) mass is 281 g/mol. The topological polar surface area (TPSA) is 22.0 Å². The van der Waals surface area contributed by atoms with Gasteiger partial charge in [-0.3, -0.25) is 4.79 Å². The quantitative estimate of drug-likeness (QED) is 0.580. The Bertz CT molecular complexity index is 796. The number of hydrogen-bond acceptors (Lipinski definition) is 1. The zero-order valence-corrected chi connectivity index (χ0v) is 13.5. The minimum atomic E-state index is 0.129. The summed E-state index contributed by atoms with van der Waals surface area (Å²) in [5.41, 5.74) is 4.41. The van der Waals surface area contributed by atoms with E-state index in [0.29, 0.717) is 0 Å². The molecule has 0 aliphatic carbocycles. The summed E-state index contributed by atoms with van der Waals surface area (Å²) in [7, 11) is 0. The fourth-order valence-corrected chi connectivity index (χ4v) is 2.99. The van der Waals surface area contributed by atoms with Crippen molar-refractivity contribution >= 4 is 27.6 Å². The maximum atomic E-state index is 11.9. The molecule has 1 aromatic heterocycles. The maximum absolute atomic E-state index is 11.9. The van der Waals surface area contributed by atoms with Crippen molar-refractivity contribution in [2.45, 2.75) is 41.2 Å². The lowest BCUT2D eigenvalue weighted by molar-refractivity contribution is 0.101. The molecule has 2 aromatic carbocycles. The molecule has 2 nitrogen and oxygen atoms in total. The highest BCUT2D eigenvalue weighted by Gasteiger charge is 2.15. The SMILES string of the molecule is CC.CCn1c2cccc(C)c2c2c(C(C)=O)cccc21. The molecule has 0 aliphatic rings. The third-order valence-electron chi connectivity index (χ3n) is 3.82. The van der Waals surface area contributed by atoms with E-state index in [4.69, 9.17) is 0 Å². The van der Waals surface area contributed by atoms with E-state index in [1.807, 2.05) is 26.0 Å². The number of ketones is 1. The first kappa shape index (κ1) is 15.3. The zero-order chi connectivity index (χ0) is 15.6. The number of fused-ring (bicyclic) bond motifs is 3. The van der Waals surface area contributed by atoms with E-state index < -0.39 is 0 Å². The molecule has 0 spiro atoms. The number of rotatable bonds is 2. The normalized spacial score (nSPS) is 10.5. The molecule has 3 rings (SSSR count). The molecule has 2 heteroatoms. The third-order valence-corrected chi connectivity index (χ3v) is 3.82. The van der Waals surface area contributed by atoms with Crippen LogP contribution >= 0.6 is 0 Å². The van der Waals surface area contributed by atoms with Crippen LogP contribution in [0.25, 0.3) is 21.8 Å². The molecular weight excluding hydrogens is 258 g/mol. The molecule has 0 unspecified atom stereocenters. The van der Waals surface area contributed by atoms with Gasteiger partial charge in [-0.05, 0) is 38.5 Å². The van der Waals surface area contributed by atoms with Gasteiger partial charge >= 0.3 is 0 Å². The van der Waals surface area contributed by atoms with Crippen molar-refractivity contribution in [1.82, 2.24) is 4.57 Å². The van der Waals surface area contributed by atoms with Gasteiger partial charge in [0.05, 0.1) is 0 Å². The van der Waals surface area contributed by atoms with Gasteiger partial charge in [-0.25, -0.2) is 0 Å². The summed E-state index contributed by atoms with van der Waals surface area (Å²) in [6, 6.07) is 12.3. The molecule has 0 saturated carbocycles. The molecule has 21 heavy (non-hydrogen) atoms. The van der Waals surface area contributed by atoms with E-state index in [0.717, 1.165) is 23.0 Å². The van der Waals surface area contributed by atoms with Crippen molar-refractivity contribution in [3.05, 3.63) is 47.5 Å². The van der Waals surface area contributed by atoms with Gasteiger partial charge in [0.15, 0.2) is 5.78 Å². The average Bonchev–Trinajstić information content (AvgIpc) is 2.83. The number of carbonyl (C=O) groups is 1. The summed E-state index contributed by atoms with van der Waals surface area (Å²) in [6.45, 7) is 10.8. The van der Waals surface area contributed by atoms with Gasteiger partial charge in [-0.15, -0.1) is 0 Å². The van der Waals surface area contributed by atoms with Gasteiger partial charge in [0, 0.05) is 33.9 Å². The maximum Gasteiger partial charge on any atom is 0.160 e. The second-order valence-electron chi connectivity index (χ2n) is 4.97. The van der Waals surface area contributed by atoms with Crippen LogP contribution in [-0.4, -0.2) is 10.4 Å². The number of aromatic nitrogens is 1. The largest absolute Gasteiger partial charge is 0.341 e. The van der Waals surface area contributed by atoms with Crippen LogP contribution in [0.15, 0.2) is 36.4 Å². The third kappa shape index (κ3) is 2.35. The smallest absolute Gasteiger partial charge is 0.160 e. The molecule has 0 atom stereocenters.